The molecule has 0 atom stereocenters. The summed E-state index contributed by atoms with van der Waals surface area (Å²) in [4.78, 5) is 43.9. The van der Waals surface area contributed by atoms with Crippen LogP contribution in [0.5, 0.6) is 0 Å². The third-order valence-electron chi connectivity index (χ3n) is 5.28. The molecule has 4 heterocycles. The van der Waals surface area contributed by atoms with Crippen LogP contribution in [0.2, 0.25) is 0 Å². The van der Waals surface area contributed by atoms with Crippen molar-refractivity contribution in [3.05, 3.63) is 17.7 Å². The van der Waals surface area contributed by atoms with Crippen molar-refractivity contribution in [2.24, 2.45) is 0 Å². The third-order valence-corrected chi connectivity index (χ3v) is 5.28. The highest BCUT2D eigenvalue weighted by molar-refractivity contribution is 5.83. The molecule has 0 saturated carbocycles. The molecule has 0 bridgehead atoms. The highest BCUT2D eigenvalue weighted by Gasteiger charge is 2.35. The van der Waals surface area contributed by atoms with Gasteiger partial charge < -0.3 is 19.9 Å². The zero-order valence-corrected chi connectivity index (χ0v) is 14.6. The van der Waals surface area contributed by atoms with Crippen molar-refractivity contribution in [1.29, 1.82) is 0 Å². The Balaban J connectivity index is 1.36. The fourth-order valence-electron chi connectivity index (χ4n) is 3.87. The number of aromatic nitrogens is 2. The smallest absolute Gasteiger partial charge is 0.330 e. The summed E-state index contributed by atoms with van der Waals surface area (Å²) in [6.45, 7) is 2.87. The van der Waals surface area contributed by atoms with Gasteiger partial charge in [0.2, 0.25) is 5.91 Å². The summed E-state index contributed by atoms with van der Waals surface area (Å²) in [5.74, 6) is -0.0581. The molecule has 2 amide bonds. The molecule has 0 aliphatic carbocycles. The zero-order chi connectivity index (χ0) is 18.1. The van der Waals surface area contributed by atoms with E-state index in [0.717, 1.165) is 38.0 Å². The number of nitrogens with zero attached hydrogens (tertiary/aromatic N) is 4. The number of carbonyl (C=O) groups is 3. The van der Waals surface area contributed by atoms with E-state index in [-0.39, 0.29) is 31.1 Å². The molecule has 2 saturated heterocycles. The first kappa shape index (κ1) is 17.0. The van der Waals surface area contributed by atoms with Crippen LogP contribution in [0.25, 0.3) is 0 Å². The topological polar surface area (TPSA) is 96.8 Å². The number of esters is 1. The first-order chi connectivity index (χ1) is 12.6. The van der Waals surface area contributed by atoms with Crippen molar-refractivity contribution in [3.63, 3.8) is 0 Å². The number of hydrogen-bond acceptors (Lipinski definition) is 6. The minimum Gasteiger partial charge on any atom is -0.456 e. The second-order valence-electron chi connectivity index (χ2n) is 6.97. The Labute approximate surface area is 151 Å². The first-order valence-corrected chi connectivity index (χ1v) is 9.14. The Hall–Kier alpha value is -2.42. The summed E-state index contributed by atoms with van der Waals surface area (Å²) >= 11 is 0. The van der Waals surface area contributed by atoms with Crippen LogP contribution in [0.1, 0.15) is 37.2 Å². The number of fused-ring (bicyclic) bond motifs is 1. The van der Waals surface area contributed by atoms with Gasteiger partial charge in [0.05, 0.1) is 18.4 Å². The molecule has 4 rings (SSSR count). The van der Waals surface area contributed by atoms with E-state index in [9.17, 15) is 14.4 Å². The highest BCUT2D eigenvalue weighted by atomic mass is 16.5. The summed E-state index contributed by atoms with van der Waals surface area (Å²) in [6, 6.07) is 0.144. The molecule has 2 fully saturated rings. The number of amides is 2. The van der Waals surface area contributed by atoms with Crippen molar-refractivity contribution in [3.8, 4) is 0 Å². The van der Waals surface area contributed by atoms with E-state index in [2.05, 4.69) is 10.3 Å². The van der Waals surface area contributed by atoms with Crippen LogP contribution >= 0.6 is 0 Å². The highest BCUT2D eigenvalue weighted by Crippen LogP contribution is 2.24. The van der Waals surface area contributed by atoms with E-state index < -0.39 is 5.97 Å². The SMILES string of the molecule is O=C(CN1CCCC1=O)OCc1ncc2n1C(=O)N(C1CCNCC1)C2. The molecule has 0 unspecified atom stereocenters. The number of rotatable bonds is 5. The van der Waals surface area contributed by atoms with Gasteiger partial charge in [-0.3, -0.25) is 9.59 Å². The molecule has 140 valence electrons. The molecular formula is C17H23N5O4. The lowest BCUT2D eigenvalue weighted by molar-refractivity contribution is -0.149. The molecule has 0 spiro atoms. The second kappa shape index (κ2) is 7.06. The fraction of sp³-hybridized carbons (Fsp3) is 0.647. The third kappa shape index (κ3) is 3.18. The van der Waals surface area contributed by atoms with Gasteiger partial charge in [0.25, 0.3) is 0 Å². The summed E-state index contributed by atoms with van der Waals surface area (Å²) in [7, 11) is 0. The van der Waals surface area contributed by atoms with Crippen molar-refractivity contribution >= 4 is 17.9 Å². The van der Waals surface area contributed by atoms with E-state index in [1.165, 1.54) is 4.90 Å². The van der Waals surface area contributed by atoms with Crippen LogP contribution in [-0.4, -0.2) is 69.5 Å². The van der Waals surface area contributed by atoms with Crippen molar-refractivity contribution in [2.75, 3.05) is 26.2 Å². The van der Waals surface area contributed by atoms with Crippen molar-refractivity contribution in [2.45, 2.75) is 44.9 Å². The van der Waals surface area contributed by atoms with Crippen molar-refractivity contribution in [1.82, 2.24) is 24.7 Å². The predicted molar refractivity (Wildman–Crippen MR) is 90.1 cm³/mol. The van der Waals surface area contributed by atoms with Gasteiger partial charge in [-0.1, -0.05) is 0 Å². The number of imidazole rings is 1. The fourth-order valence-corrected chi connectivity index (χ4v) is 3.87. The molecule has 1 aromatic rings. The summed E-state index contributed by atoms with van der Waals surface area (Å²) in [5, 5.41) is 3.30. The van der Waals surface area contributed by atoms with Crippen molar-refractivity contribution < 1.29 is 19.1 Å². The Morgan fingerprint density at radius 3 is 2.85 bits per heavy atom. The lowest BCUT2D eigenvalue weighted by Gasteiger charge is -2.30. The maximum atomic E-state index is 12.8. The van der Waals surface area contributed by atoms with Gasteiger partial charge >= 0.3 is 12.0 Å². The average Bonchev–Trinajstić information content (AvgIpc) is 3.32. The molecule has 0 radical (unpaired) electrons. The van der Waals surface area contributed by atoms with Crippen LogP contribution < -0.4 is 5.32 Å². The Morgan fingerprint density at radius 2 is 2.12 bits per heavy atom. The van der Waals surface area contributed by atoms with Gasteiger partial charge in [-0.25, -0.2) is 14.3 Å². The van der Waals surface area contributed by atoms with Crippen LogP contribution in [-0.2, 0) is 27.5 Å². The van der Waals surface area contributed by atoms with Gasteiger partial charge in [-0.15, -0.1) is 0 Å². The lowest BCUT2D eigenvalue weighted by atomic mass is 10.1. The summed E-state index contributed by atoms with van der Waals surface area (Å²) in [5.41, 5.74) is 0.828. The molecule has 9 nitrogen and oxygen atoms in total. The van der Waals surface area contributed by atoms with Crippen LogP contribution in [0.3, 0.4) is 0 Å². The Bertz CT molecular complexity index is 725. The molecule has 0 aromatic carbocycles. The molecule has 1 aromatic heterocycles. The second-order valence-corrected chi connectivity index (χ2v) is 6.97. The summed E-state index contributed by atoms with van der Waals surface area (Å²) < 4.78 is 6.81. The predicted octanol–water partition coefficient (Wildman–Crippen LogP) is 0.0844. The molecule has 3 aliphatic rings. The van der Waals surface area contributed by atoms with Gasteiger partial charge in [0, 0.05) is 19.0 Å². The number of likely N-dealkylation sites (tertiary alicyclic amines) is 1. The van der Waals surface area contributed by atoms with E-state index >= 15 is 0 Å². The van der Waals surface area contributed by atoms with Crippen LogP contribution in [0, 0.1) is 0 Å². The first-order valence-electron chi connectivity index (χ1n) is 9.14. The average molecular weight is 361 g/mol. The minimum atomic E-state index is -0.474. The Morgan fingerprint density at radius 1 is 1.31 bits per heavy atom. The number of nitrogens with one attached hydrogen (secondary N) is 1. The standard InChI is InChI=1S/C17H23N5O4/c23-15-2-1-7-20(15)10-16(24)26-11-14-19-8-13-9-21(17(25)22(13)14)12-3-5-18-6-4-12/h8,12,18H,1-7,9-11H2. The van der Waals surface area contributed by atoms with Crippen LogP contribution in [0.15, 0.2) is 6.20 Å². The monoisotopic (exact) mass is 361 g/mol. The van der Waals surface area contributed by atoms with Gasteiger partial charge in [0.15, 0.2) is 5.82 Å². The lowest BCUT2D eigenvalue weighted by Crippen LogP contribution is -2.44. The molecule has 9 heteroatoms. The maximum absolute atomic E-state index is 12.8. The van der Waals surface area contributed by atoms with E-state index in [1.807, 2.05) is 4.90 Å². The molecule has 26 heavy (non-hydrogen) atoms. The number of ether oxygens (including phenoxy) is 1. The maximum Gasteiger partial charge on any atom is 0.330 e. The van der Waals surface area contributed by atoms with Crippen LogP contribution in [0.4, 0.5) is 4.79 Å². The normalized spacial score (nSPS) is 20.8. The molecular weight excluding hydrogens is 338 g/mol. The Kier molecular flexibility index (Phi) is 4.62. The summed E-state index contributed by atoms with van der Waals surface area (Å²) in [6.07, 6.45) is 4.82. The van der Waals surface area contributed by atoms with E-state index in [1.54, 1.807) is 10.8 Å². The number of hydrogen-bond donors (Lipinski definition) is 1. The van der Waals surface area contributed by atoms with Gasteiger partial charge in [0.1, 0.15) is 13.2 Å². The number of carbonyl (C=O) groups excluding carboxylic acids is 3. The largest absolute Gasteiger partial charge is 0.456 e. The van der Waals surface area contributed by atoms with Gasteiger partial charge in [-0.05, 0) is 32.4 Å². The molecule has 1 N–H and O–H groups in total. The zero-order valence-electron chi connectivity index (χ0n) is 14.6. The van der Waals surface area contributed by atoms with Gasteiger partial charge in [-0.2, -0.15) is 0 Å². The quantitative estimate of drug-likeness (QED) is 0.747. The minimum absolute atomic E-state index is 0.0172. The van der Waals surface area contributed by atoms with E-state index in [4.69, 9.17) is 4.74 Å². The number of piperidine rings is 1. The molecule has 3 aliphatic heterocycles. The van der Waals surface area contributed by atoms with E-state index in [0.29, 0.717) is 25.3 Å².